The van der Waals surface area contributed by atoms with E-state index in [4.69, 9.17) is 11.6 Å². The van der Waals surface area contributed by atoms with Gasteiger partial charge >= 0.3 is 0 Å². The third-order valence-electron chi connectivity index (χ3n) is 2.52. The van der Waals surface area contributed by atoms with Gasteiger partial charge in [0.1, 0.15) is 16.5 Å². The van der Waals surface area contributed by atoms with Crippen LogP contribution in [0.3, 0.4) is 0 Å². The molecule has 3 rings (SSSR count). The molecule has 0 saturated heterocycles. The predicted octanol–water partition coefficient (Wildman–Crippen LogP) is 1.91. The van der Waals surface area contributed by atoms with Crippen molar-refractivity contribution in [2.24, 2.45) is 0 Å². The molecule has 2 aromatic heterocycles. The molecule has 0 amide bonds. The second kappa shape index (κ2) is 4.23. The molecule has 0 radical (unpaired) electrons. The Hall–Kier alpha value is -1.21. The van der Waals surface area contributed by atoms with Crippen molar-refractivity contribution in [1.29, 1.82) is 0 Å². The lowest BCUT2D eigenvalue weighted by Crippen LogP contribution is -1.99. The molecule has 1 aliphatic rings. The lowest BCUT2D eigenvalue weighted by atomic mass is 10.4. The number of hydrogen-bond acceptors (Lipinski definition) is 6. The van der Waals surface area contributed by atoms with Crippen LogP contribution in [0.4, 0.5) is 0 Å². The Bertz CT molecular complexity index is 552. The standard InChI is InChI=1S/C9H9ClN6S/c1-5-7(10)11-4-12-8(5)17-9-13-14-15-16(9)6-2-3-6/h4,6H,2-3H2,1H3. The molecule has 88 valence electrons. The summed E-state index contributed by atoms with van der Waals surface area (Å²) in [5, 5.41) is 13.7. The third kappa shape index (κ3) is 2.12. The molecular weight excluding hydrogens is 260 g/mol. The van der Waals surface area contributed by atoms with Crippen LogP contribution in [0.5, 0.6) is 0 Å². The fourth-order valence-electron chi connectivity index (χ4n) is 1.40. The number of aromatic nitrogens is 6. The van der Waals surface area contributed by atoms with E-state index in [0.717, 1.165) is 28.6 Å². The zero-order chi connectivity index (χ0) is 11.8. The highest BCUT2D eigenvalue weighted by Crippen LogP contribution is 2.38. The molecule has 17 heavy (non-hydrogen) atoms. The highest BCUT2D eigenvalue weighted by atomic mass is 35.5. The van der Waals surface area contributed by atoms with Gasteiger partial charge in [-0.05, 0) is 42.0 Å². The van der Waals surface area contributed by atoms with Crippen molar-refractivity contribution < 1.29 is 0 Å². The number of rotatable bonds is 3. The number of hydrogen-bond donors (Lipinski definition) is 0. The van der Waals surface area contributed by atoms with Gasteiger partial charge < -0.3 is 0 Å². The Morgan fingerprint density at radius 2 is 2.24 bits per heavy atom. The maximum Gasteiger partial charge on any atom is 0.215 e. The molecule has 0 unspecified atom stereocenters. The molecule has 0 atom stereocenters. The molecule has 0 aromatic carbocycles. The predicted molar refractivity (Wildman–Crippen MR) is 62.0 cm³/mol. The lowest BCUT2D eigenvalue weighted by molar-refractivity contribution is 0.565. The van der Waals surface area contributed by atoms with Crippen molar-refractivity contribution in [2.75, 3.05) is 0 Å². The monoisotopic (exact) mass is 268 g/mol. The number of nitrogens with zero attached hydrogens (tertiary/aromatic N) is 6. The summed E-state index contributed by atoms with van der Waals surface area (Å²) < 4.78 is 1.85. The van der Waals surface area contributed by atoms with Crippen molar-refractivity contribution >= 4 is 23.4 Å². The Kier molecular flexibility index (Phi) is 2.71. The molecule has 2 heterocycles. The number of tetrazole rings is 1. The summed E-state index contributed by atoms with van der Waals surface area (Å²) in [6.45, 7) is 1.88. The first-order valence-corrected chi connectivity index (χ1v) is 6.38. The summed E-state index contributed by atoms with van der Waals surface area (Å²) in [7, 11) is 0. The molecule has 1 aliphatic carbocycles. The first-order valence-electron chi connectivity index (χ1n) is 5.18. The van der Waals surface area contributed by atoms with E-state index in [9.17, 15) is 0 Å². The highest BCUT2D eigenvalue weighted by molar-refractivity contribution is 7.99. The smallest absolute Gasteiger partial charge is 0.215 e. The van der Waals surface area contributed by atoms with Gasteiger partial charge in [0.05, 0.1) is 6.04 Å². The van der Waals surface area contributed by atoms with Gasteiger partial charge in [-0.3, -0.25) is 0 Å². The van der Waals surface area contributed by atoms with Gasteiger partial charge in [-0.15, -0.1) is 5.10 Å². The Morgan fingerprint density at radius 3 is 3.00 bits per heavy atom. The Balaban J connectivity index is 1.91. The van der Waals surface area contributed by atoms with Gasteiger partial charge in [0.25, 0.3) is 0 Å². The summed E-state index contributed by atoms with van der Waals surface area (Å²) in [5.41, 5.74) is 0.851. The van der Waals surface area contributed by atoms with Crippen molar-refractivity contribution in [1.82, 2.24) is 30.2 Å². The first-order chi connectivity index (χ1) is 8.25. The zero-order valence-electron chi connectivity index (χ0n) is 9.04. The maximum absolute atomic E-state index is 5.95. The minimum Gasteiger partial charge on any atom is -0.229 e. The maximum atomic E-state index is 5.95. The molecule has 0 N–H and O–H groups in total. The van der Waals surface area contributed by atoms with E-state index in [1.807, 2.05) is 11.6 Å². The molecule has 2 aromatic rings. The van der Waals surface area contributed by atoms with Crippen LogP contribution in [0, 0.1) is 6.92 Å². The van der Waals surface area contributed by atoms with Crippen LogP contribution in [-0.4, -0.2) is 30.2 Å². The molecule has 1 saturated carbocycles. The van der Waals surface area contributed by atoms with Crippen LogP contribution in [0.15, 0.2) is 16.5 Å². The van der Waals surface area contributed by atoms with E-state index in [0.29, 0.717) is 11.2 Å². The van der Waals surface area contributed by atoms with Crippen LogP contribution in [0.1, 0.15) is 24.4 Å². The van der Waals surface area contributed by atoms with Crippen LogP contribution in [0.2, 0.25) is 5.15 Å². The van der Waals surface area contributed by atoms with Crippen molar-refractivity contribution in [3.8, 4) is 0 Å². The molecule has 1 fully saturated rings. The van der Waals surface area contributed by atoms with Gasteiger partial charge in [0.15, 0.2) is 0 Å². The molecule has 6 nitrogen and oxygen atoms in total. The van der Waals surface area contributed by atoms with Crippen molar-refractivity contribution in [3.63, 3.8) is 0 Å². The molecule has 0 aliphatic heterocycles. The molecule has 0 bridgehead atoms. The van der Waals surface area contributed by atoms with Gasteiger partial charge in [0, 0.05) is 5.56 Å². The van der Waals surface area contributed by atoms with Crippen LogP contribution in [0.25, 0.3) is 0 Å². The quantitative estimate of drug-likeness (QED) is 0.792. The number of halogens is 1. The average molecular weight is 269 g/mol. The fourth-order valence-corrected chi connectivity index (χ4v) is 2.47. The summed E-state index contributed by atoms with van der Waals surface area (Å²) >= 11 is 7.37. The van der Waals surface area contributed by atoms with Gasteiger partial charge in [-0.1, -0.05) is 11.6 Å². The third-order valence-corrected chi connectivity index (χ3v) is 3.96. The fraction of sp³-hybridized carbons (Fsp3) is 0.444. The van der Waals surface area contributed by atoms with Crippen LogP contribution in [-0.2, 0) is 0 Å². The normalized spacial score (nSPS) is 15.2. The van der Waals surface area contributed by atoms with Gasteiger partial charge in [0.2, 0.25) is 5.16 Å². The summed E-state index contributed by atoms with van der Waals surface area (Å²) in [6, 6.07) is 0.449. The Morgan fingerprint density at radius 1 is 1.41 bits per heavy atom. The summed E-state index contributed by atoms with van der Waals surface area (Å²) in [5.74, 6) is 0. The van der Waals surface area contributed by atoms with Crippen molar-refractivity contribution in [2.45, 2.75) is 36.0 Å². The van der Waals surface area contributed by atoms with E-state index in [2.05, 4.69) is 25.5 Å². The second-order valence-electron chi connectivity index (χ2n) is 3.83. The van der Waals surface area contributed by atoms with E-state index in [1.54, 1.807) is 0 Å². The minimum absolute atomic E-state index is 0.449. The van der Waals surface area contributed by atoms with E-state index >= 15 is 0 Å². The molecular formula is C9H9ClN6S. The molecule has 0 spiro atoms. The SMILES string of the molecule is Cc1c(Cl)ncnc1Sc1nnnn1C1CC1. The lowest BCUT2D eigenvalue weighted by Gasteiger charge is -2.04. The second-order valence-corrected chi connectivity index (χ2v) is 5.15. The Labute approximate surface area is 107 Å². The van der Waals surface area contributed by atoms with E-state index in [1.165, 1.54) is 18.1 Å². The van der Waals surface area contributed by atoms with Crippen LogP contribution < -0.4 is 0 Å². The van der Waals surface area contributed by atoms with Gasteiger partial charge in [-0.25, -0.2) is 14.6 Å². The highest BCUT2D eigenvalue weighted by Gasteiger charge is 2.28. The van der Waals surface area contributed by atoms with Crippen LogP contribution >= 0.6 is 23.4 Å². The minimum atomic E-state index is 0.449. The zero-order valence-corrected chi connectivity index (χ0v) is 10.6. The summed E-state index contributed by atoms with van der Waals surface area (Å²) in [6.07, 6.45) is 3.73. The molecule has 8 heteroatoms. The van der Waals surface area contributed by atoms with Crippen molar-refractivity contribution in [3.05, 3.63) is 17.0 Å². The first kappa shape index (κ1) is 10.9. The average Bonchev–Trinajstić information content (AvgIpc) is 3.06. The topological polar surface area (TPSA) is 69.4 Å². The van der Waals surface area contributed by atoms with Gasteiger partial charge in [-0.2, -0.15) is 0 Å². The summed E-state index contributed by atoms with van der Waals surface area (Å²) in [4.78, 5) is 8.11. The van der Waals surface area contributed by atoms with E-state index < -0.39 is 0 Å². The largest absolute Gasteiger partial charge is 0.229 e. The van der Waals surface area contributed by atoms with E-state index in [-0.39, 0.29) is 0 Å².